The standard InChI is InChI=1S/C19H38N4O4.HI/c1-5-20-18(21-9-7-10-27-17-8-11-25-14-17)22-13-16(12-15(3)4)23-19(24)26-6-2;/h15-17H,5-14H2,1-4H3,(H,23,24)(H2,20,21,22);1H. The minimum atomic E-state index is -0.385. The fraction of sp³-hybridized carbons (Fsp3) is 0.895. The molecule has 28 heavy (non-hydrogen) atoms. The molecule has 1 amide bonds. The number of halogens is 1. The van der Waals surface area contributed by atoms with Crippen LogP contribution in [0, 0.1) is 5.92 Å². The van der Waals surface area contributed by atoms with Crippen LogP contribution in [-0.4, -0.2) is 70.3 Å². The van der Waals surface area contributed by atoms with Gasteiger partial charge in [-0.2, -0.15) is 0 Å². The maximum atomic E-state index is 11.7. The molecule has 3 N–H and O–H groups in total. The highest BCUT2D eigenvalue weighted by Gasteiger charge is 2.16. The summed E-state index contributed by atoms with van der Waals surface area (Å²) >= 11 is 0. The van der Waals surface area contributed by atoms with E-state index in [0.29, 0.717) is 32.3 Å². The Labute approximate surface area is 186 Å². The van der Waals surface area contributed by atoms with Crippen LogP contribution >= 0.6 is 24.0 Å². The van der Waals surface area contributed by atoms with Gasteiger partial charge in [-0.15, -0.1) is 24.0 Å². The Morgan fingerprint density at radius 2 is 2.07 bits per heavy atom. The Kier molecular flexibility index (Phi) is 16.6. The average Bonchev–Trinajstić information content (AvgIpc) is 3.12. The van der Waals surface area contributed by atoms with E-state index in [9.17, 15) is 4.79 Å². The first-order valence-electron chi connectivity index (χ1n) is 10.2. The van der Waals surface area contributed by atoms with E-state index in [1.807, 2.05) is 6.92 Å². The van der Waals surface area contributed by atoms with Gasteiger partial charge in [-0.25, -0.2) is 4.79 Å². The Balaban J connectivity index is 0.00000729. The molecule has 1 heterocycles. The number of nitrogens with one attached hydrogen (secondary N) is 3. The van der Waals surface area contributed by atoms with Crippen LogP contribution in [0.4, 0.5) is 4.79 Å². The lowest BCUT2D eigenvalue weighted by atomic mass is 10.0. The number of ether oxygens (including phenoxy) is 3. The van der Waals surface area contributed by atoms with E-state index in [0.717, 1.165) is 44.9 Å². The van der Waals surface area contributed by atoms with Crippen LogP contribution in [0.3, 0.4) is 0 Å². The molecule has 0 aromatic heterocycles. The maximum absolute atomic E-state index is 11.7. The smallest absolute Gasteiger partial charge is 0.407 e. The highest BCUT2D eigenvalue weighted by molar-refractivity contribution is 14.0. The van der Waals surface area contributed by atoms with Crippen molar-refractivity contribution in [3.63, 3.8) is 0 Å². The minimum absolute atomic E-state index is 0. The zero-order valence-electron chi connectivity index (χ0n) is 17.8. The predicted octanol–water partition coefficient (Wildman–Crippen LogP) is 2.52. The van der Waals surface area contributed by atoms with Crippen LogP contribution in [0.5, 0.6) is 0 Å². The van der Waals surface area contributed by atoms with Gasteiger partial charge in [-0.1, -0.05) is 13.8 Å². The Bertz CT molecular complexity index is 432. The van der Waals surface area contributed by atoms with E-state index in [2.05, 4.69) is 34.8 Å². The number of carbonyl (C=O) groups is 1. The van der Waals surface area contributed by atoms with Crippen LogP contribution in [0.1, 0.15) is 47.0 Å². The third-order valence-electron chi connectivity index (χ3n) is 4.02. The SMILES string of the molecule is CCNC(=NCC(CC(C)C)NC(=O)OCC)NCCCOC1CCOC1.I. The van der Waals surface area contributed by atoms with Gasteiger partial charge in [-0.3, -0.25) is 4.99 Å². The quantitative estimate of drug-likeness (QED) is 0.161. The van der Waals surface area contributed by atoms with E-state index in [1.54, 1.807) is 6.92 Å². The molecule has 0 aromatic carbocycles. The van der Waals surface area contributed by atoms with Crippen LogP contribution in [0.15, 0.2) is 4.99 Å². The number of hydrogen-bond acceptors (Lipinski definition) is 5. The number of rotatable bonds is 12. The molecule has 0 spiro atoms. The van der Waals surface area contributed by atoms with E-state index in [-0.39, 0.29) is 42.2 Å². The van der Waals surface area contributed by atoms with Crippen LogP contribution in [0.2, 0.25) is 0 Å². The fourth-order valence-corrected chi connectivity index (χ4v) is 2.80. The Morgan fingerprint density at radius 1 is 1.29 bits per heavy atom. The van der Waals surface area contributed by atoms with Gasteiger partial charge in [0, 0.05) is 26.3 Å². The van der Waals surface area contributed by atoms with Crippen molar-refractivity contribution in [3.05, 3.63) is 0 Å². The summed E-state index contributed by atoms with van der Waals surface area (Å²) in [6, 6.07) is -0.0507. The predicted molar refractivity (Wildman–Crippen MR) is 123 cm³/mol. The molecular weight excluding hydrogens is 475 g/mol. The van der Waals surface area contributed by atoms with Crippen molar-refractivity contribution in [3.8, 4) is 0 Å². The number of amides is 1. The highest BCUT2D eigenvalue weighted by atomic mass is 127. The Morgan fingerprint density at radius 3 is 2.68 bits per heavy atom. The van der Waals surface area contributed by atoms with E-state index in [4.69, 9.17) is 14.2 Å². The van der Waals surface area contributed by atoms with E-state index < -0.39 is 0 Å². The van der Waals surface area contributed by atoms with Gasteiger partial charge in [0.2, 0.25) is 0 Å². The van der Waals surface area contributed by atoms with E-state index in [1.165, 1.54) is 0 Å². The average molecular weight is 514 g/mol. The number of aliphatic imine (C=N–C) groups is 1. The van der Waals surface area contributed by atoms with Crippen LogP contribution in [0.25, 0.3) is 0 Å². The monoisotopic (exact) mass is 514 g/mol. The molecule has 0 bridgehead atoms. The summed E-state index contributed by atoms with van der Waals surface area (Å²) in [6.07, 6.45) is 2.60. The minimum Gasteiger partial charge on any atom is -0.450 e. The molecular formula is C19H39IN4O4. The van der Waals surface area contributed by atoms with Gasteiger partial charge >= 0.3 is 6.09 Å². The lowest BCUT2D eigenvalue weighted by Crippen LogP contribution is -2.42. The number of nitrogens with zero attached hydrogens (tertiary/aromatic N) is 1. The molecule has 0 aromatic rings. The second-order valence-corrected chi connectivity index (χ2v) is 7.05. The van der Waals surface area contributed by atoms with Gasteiger partial charge in [0.15, 0.2) is 5.96 Å². The molecule has 1 saturated heterocycles. The molecule has 1 aliphatic heterocycles. The fourth-order valence-electron chi connectivity index (χ4n) is 2.80. The molecule has 166 valence electrons. The van der Waals surface area contributed by atoms with Crippen molar-refractivity contribution in [1.82, 2.24) is 16.0 Å². The zero-order valence-corrected chi connectivity index (χ0v) is 20.1. The molecule has 2 atom stereocenters. The first kappa shape index (κ1) is 27.2. The lowest BCUT2D eigenvalue weighted by Gasteiger charge is -2.19. The third-order valence-corrected chi connectivity index (χ3v) is 4.02. The van der Waals surface area contributed by atoms with Crippen molar-refractivity contribution in [1.29, 1.82) is 0 Å². The molecule has 1 fully saturated rings. The van der Waals surface area contributed by atoms with Gasteiger partial charge in [0.25, 0.3) is 0 Å². The summed E-state index contributed by atoms with van der Waals surface area (Å²) in [5, 5.41) is 9.45. The topological polar surface area (TPSA) is 93.2 Å². The third kappa shape index (κ3) is 13.4. The Hall–Kier alpha value is -0.810. The van der Waals surface area contributed by atoms with E-state index >= 15 is 0 Å². The first-order valence-corrected chi connectivity index (χ1v) is 10.2. The second kappa shape index (κ2) is 17.1. The normalized spacial score (nSPS) is 17.8. The van der Waals surface area contributed by atoms with Gasteiger partial charge < -0.3 is 30.2 Å². The lowest BCUT2D eigenvalue weighted by molar-refractivity contribution is 0.0420. The highest BCUT2D eigenvalue weighted by Crippen LogP contribution is 2.08. The van der Waals surface area contributed by atoms with Gasteiger partial charge in [-0.05, 0) is 39.0 Å². The maximum Gasteiger partial charge on any atom is 0.407 e. The largest absolute Gasteiger partial charge is 0.450 e. The summed E-state index contributed by atoms with van der Waals surface area (Å²) in [5.41, 5.74) is 0. The number of hydrogen-bond donors (Lipinski definition) is 3. The zero-order chi connectivity index (χ0) is 19.9. The summed E-state index contributed by atoms with van der Waals surface area (Å²) < 4.78 is 16.1. The molecule has 0 aliphatic carbocycles. The molecule has 8 nitrogen and oxygen atoms in total. The first-order chi connectivity index (χ1) is 13.0. The summed E-state index contributed by atoms with van der Waals surface area (Å²) in [5.74, 6) is 1.21. The van der Waals surface area contributed by atoms with Crippen molar-refractivity contribution < 1.29 is 19.0 Å². The van der Waals surface area contributed by atoms with Crippen molar-refractivity contribution in [2.75, 3.05) is 46.1 Å². The number of guanidine groups is 1. The van der Waals surface area contributed by atoms with Crippen molar-refractivity contribution in [2.45, 2.75) is 59.1 Å². The van der Waals surface area contributed by atoms with Gasteiger partial charge in [0.05, 0.1) is 31.9 Å². The van der Waals surface area contributed by atoms with Gasteiger partial charge in [0.1, 0.15) is 0 Å². The summed E-state index contributed by atoms with van der Waals surface area (Å²) in [6.45, 7) is 12.7. The molecule has 9 heteroatoms. The molecule has 2 unspecified atom stereocenters. The molecule has 0 radical (unpaired) electrons. The summed E-state index contributed by atoms with van der Waals surface area (Å²) in [7, 11) is 0. The number of alkyl carbamates (subject to hydrolysis) is 1. The van der Waals surface area contributed by atoms with Crippen molar-refractivity contribution in [2.24, 2.45) is 10.9 Å². The molecule has 0 saturated carbocycles. The van der Waals surface area contributed by atoms with Crippen LogP contribution < -0.4 is 16.0 Å². The summed E-state index contributed by atoms with van der Waals surface area (Å²) in [4.78, 5) is 16.3. The second-order valence-electron chi connectivity index (χ2n) is 7.05. The van der Waals surface area contributed by atoms with Crippen LogP contribution in [-0.2, 0) is 14.2 Å². The molecule has 1 aliphatic rings. The molecule has 1 rings (SSSR count). The number of carbonyl (C=O) groups excluding carboxylic acids is 1. The van der Waals surface area contributed by atoms with Crippen molar-refractivity contribution >= 4 is 36.0 Å².